The molecule has 0 saturated heterocycles. The molecule has 4 nitrogen and oxygen atoms in total. The molecule has 20 heavy (non-hydrogen) atoms. The van der Waals surface area contributed by atoms with Crippen molar-refractivity contribution in [2.75, 3.05) is 6.61 Å². The van der Waals surface area contributed by atoms with Crippen LogP contribution < -0.4 is 4.74 Å². The first-order valence-corrected chi connectivity index (χ1v) is 6.96. The van der Waals surface area contributed by atoms with Crippen LogP contribution in [0, 0.1) is 0 Å². The lowest BCUT2D eigenvalue weighted by Gasteiger charge is -2.03. The molecule has 2 heterocycles. The van der Waals surface area contributed by atoms with E-state index in [9.17, 15) is 0 Å². The molecule has 100 valence electrons. The number of nitrogens with zero attached hydrogens (tertiary/aromatic N) is 2. The average molecular weight is 284 g/mol. The van der Waals surface area contributed by atoms with E-state index in [1.807, 2.05) is 41.8 Å². The Balaban J connectivity index is 1.87. The van der Waals surface area contributed by atoms with Gasteiger partial charge in [-0.25, -0.2) is 0 Å². The maximum atomic E-state index is 5.49. The van der Waals surface area contributed by atoms with E-state index < -0.39 is 0 Å². The van der Waals surface area contributed by atoms with Crippen molar-refractivity contribution in [1.29, 1.82) is 0 Å². The van der Waals surface area contributed by atoms with Gasteiger partial charge in [-0.2, -0.15) is 4.98 Å². The second-order valence-electron chi connectivity index (χ2n) is 4.03. The summed E-state index contributed by atoms with van der Waals surface area (Å²) in [6.07, 6.45) is 1.70. The maximum absolute atomic E-state index is 5.49. The van der Waals surface area contributed by atoms with Crippen molar-refractivity contribution in [3.63, 3.8) is 0 Å². The summed E-state index contributed by atoms with van der Waals surface area (Å²) < 4.78 is 10.8. The molecule has 0 aliphatic heterocycles. The topological polar surface area (TPSA) is 48.2 Å². The van der Waals surface area contributed by atoms with Crippen LogP contribution in [0.3, 0.4) is 0 Å². The van der Waals surface area contributed by atoms with Crippen molar-refractivity contribution < 1.29 is 9.26 Å². The summed E-state index contributed by atoms with van der Waals surface area (Å²) in [5.74, 6) is 1.84. The average Bonchev–Trinajstić information content (AvgIpc) is 3.15. The van der Waals surface area contributed by atoms with Crippen molar-refractivity contribution in [3.05, 3.63) is 54.4 Å². The van der Waals surface area contributed by atoms with Gasteiger partial charge >= 0.3 is 0 Å². The molecule has 0 aliphatic carbocycles. The van der Waals surface area contributed by atoms with Crippen molar-refractivity contribution in [2.24, 2.45) is 0 Å². The molecule has 1 aromatic carbocycles. The SMILES string of the molecule is C=CCOc1cccc(-c2noc(-c3cccs3)n2)c1. The van der Waals surface area contributed by atoms with Gasteiger partial charge < -0.3 is 9.26 Å². The predicted molar refractivity (Wildman–Crippen MR) is 78.7 cm³/mol. The Morgan fingerprint density at radius 3 is 3.05 bits per heavy atom. The molecular weight excluding hydrogens is 272 g/mol. The zero-order valence-corrected chi connectivity index (χ0v) is 11.5. The zero-order valence-electron chi connectivity index (χ0n) is 10.7. The van der Waals surface area contributed by atoms with Gasteiger partial charge in [0.1, 0.15) is 12.4 Å². The van der Waals surface area contributed by atoms with Crippen LogP contribution in [0.1, 0.15) is 0 Å². The summed E-state index contributed by atoms with van der Waals surface area (Å²) in [6, 6.07) is 11.5. The summed E-state index contributed by atoms with van der Waals surface area (Å²) in [6.45, 7) is 4.09. The number of rotatable bonds is 5. The van der Waals surface area contributed by atoms with Crippen LogP contribution in [0.4, 0.5) is 0 Å². The van der Waals surface area contributed by atoms with Gasteiger partial charge in [-0.05, 0) is 23.6 Å². The number of hydrogen-bond donors (Lipinski definition) is 0. The van der Waals surface area contributed by atoms with Crippen molar-refractivity contribution in [3.8, 4) is 27.9 Å². The normalized spacial score (nSPS) is 10.4. The highest BCUT2D eigenvalue weighted by molar-refractivity contribution is 7.13. The first kappa shape index (κ1) is 12.6. The van der Waals surface area contributed by atoms with Gasteiger partial charge in [-0.1, -0.05) is 36.0 Å². The van der Waals surface area contributed by atoms with Crippen LogP contribution in [0.25, 0.3) is 22.2 Å². The van der Waals surface area contributed by atoms with Gasteiger partial charge in [-0.15, -0.1) is 11.3 Å². The number of benzene rings is 1. The fourth-order valence-electron chi connectivity index (χ4n) is 1.72. The van der Waals surface area contributed by atoms with Crippen LogP contribution in [0.5, 0.6) is 5.75 Å². The van der Waals surface area contributed by atoms with Gasteiger partial charge in [0.2, 0.25) is 5.82 Å². The Hall–Kier alpha value is -2.40. The minimum Gasteiger partial charge on any atom is -0.490 e. The molecule has 0 radical (unpaired) electrons. The third kappa shape index (κ3) is 2.62. The molecule has 0 bridgehead atoms. The van der Waals surface area contributed by atoms with Crippen LogP contribution in [0.2, 0.25) is 0 Å². The van der Waals surface area contributed by atoms with E-state index in [4.69, 9.17) is 9.26 Å². The van der Waals surface area contributed by atoms with Gasteiger partial charge in [0, 0.05) is 5.56 Å². The lowest BCUT2D eigenvalue weighted by molar-refractivity contribution is 0.363. The molecule has 0 N–H and O–H groups in total. The van der Waals surface area contributed by atoms with Crippen LogP contribution in [-0.4, -0.2) is 16.7 Å². The van der Waals surface area contributed by atoms with Crippen molar-refractivity contribution >= 4 is 11.3 Å². The molecule has 0 aliphatic rings. The van der Waals surface area contributed by atoms with Crippen LogP contribution in [0.15, 0.2) is 59.0 Å². The monoisotopic (exact) mass is 284 g/mol. The molecule has 3 aromatic rings. The number of ether oxygens (including phenoxy) is 1. The third-order valence-electron chi connectivity index (χ3n) is 2.62. The van der Waals surface area contributed by atoms with Gasteiger partial charge in [-0.3, -0.25) is 0 Å². The molecule has 0 amide bonds. The van der Waals surface area contributed by atoms with Gasteiger partial charge in [0.25, 0.3) is 5.89 Å². The van der Waals surface area contributed by atoms with Crippen LogP contribution >= 0.6 is 11.3 Å². The Labute approximate surface area is 120 Å². The molecule has 0 saturated carbocycles. The molecule has 3 rings (SSSR count). The van der Waals surface area contributed by atoms with E-state index in [1.165, 1.54) is 0 Å². The molecule has 0 spiro atoms. The van der Waals surface area contributed by atoms with Crippen LogP contribution in [-0.2, 0) is 0 Å². The van der Waals surface area contributed by atoms with Gasteiger partial charge in [0.15, 0.2) is 0 Å². The van der Waals surface area contributed by atoms with Crippen molar-refractivity contribution in [2.45, 2.75) is 0 Å². The Morgan fingerprint density at radius 2 is 2.25 bits per heavy atom. The fourth-order valence-corrected chi connectivity index (χ4v) is 2.37. The third-order valence-corrected chi connectivity index (χ3v) is 3.48. The second-order valence-corrected chi connectivity index (χ2v) is 4.98. The Kier molecular flexibility index (Phi) is 3.60. The quantitative estimate of drug-likeness (QED) is 0.664. The second kappa shape index (κ2) is 5.71. The number of aromatic nitrogens is 2. The Morgan fingerprint density at radius 1 is 1.30 bits per heavy atom. The van der Waals surface area contributed by atoms with E-state index in [2.05, 4.69) is 16.7 Å². The summed E-state index contributed by atoms with van der Waals surface area (Å²) in [5.41, 5.74) is 0.859. The first-order valence-electron chi connectivity index (χ1n) is 6.08. The fraction of sp³-hybridized carbons (Fsp3) is 0.0667. The summed E-state index contributed by atoms with van der Waals surface area (Å²) in [7, 11) is 0. The standard InChI is InChI=1S/C15H12N2O2S/c1-2-8-18-12-6-3-5-11(10-12)14-16-15(19-17-14)13-7-4-9-20-13/h2-7,9-10H,1,8H2. The summed E-state index contributed by atoms with van der Waals surface area (Å²) in [5, 5.41) is 5.98. The van der Waals surface area contributed by atoms with E-state index in [0.717, 1.165) is 16.2 Å². The van der Waals surface area contributed by atoms with E-state index in [0.29, 0.717) is 18.3 Å². The highest BCUT2D eigenvalue weighted by atomic mass is 32.1. The largest absolute Gasteiger partial charge is 0.490 e. The van der Waals surface area contributed by atoms with Gasteiger partial charge in [0.05, 0.1) is 4.88 Å². The molecule has 0 atom stereocenters. The smallest absolute Gasteiger partial charge is 0.268 e. The minimum atomic E-state index is 0.468. The predicted octanol–water partition coefficient (Wildman–Crippen LogP) is 4.03. The number of hydrogen-bond acceptors (Lipinski definition) is 5. The molecular formula is C15H12N2O2S. The molecule has 0 fully saturated rings. The Bertz CT molecular complexity index is 704. The van der Waals surface area contributed by atoms with E-state index >= 15 is 0 Å². The summed E-state index contributed by atoms with van der Waals surface area (Å²) >= 11 is 1.57. The zero-order chi connectivity index (χ0) is 13.8. The summed E-state index contributed by atoms with van der Waals surface area (Å²) in [4.78, 5) is 5.36. The van der Waals surface area contributed by atoms with Crippen molar-refractivity contribution in [1.82, 2.24) is 10.1 Å². The number of thiophene rings is 1. The molecule has 5 heteroatoms. The lowest BCUT2D eigenvalue weighted by atomic mass is 10.2. The highest BCUT2D eigenvalue weighted by Crippen LogP contribution is 2.27. The van der Waals surface area contributed by atoms with E-state index in [1.54, 1.807) is 17.4 Å². The van der Waals surface area contributed by atoms with E-state index in [-0.39, 0.29) is 0 Å². The lowest BCUT2D eigenvalue weighted by Crippen LogP contribution is -1.92. The first-order chi connectivity index (χ1) is 9.86. The highest BCUT2D eigenvalue weighted by Gasteiger charge is 2.11. The minimum absolute atomic E-state index is 0.468. The maximum Gasteiger partial charge on any atom is 0.268 e. The molecule has 2 aromatic heterocycles. The molecule has 0 unspecified atom stereocenters.